The fourth-order valence-electron chi connectivity index (χ4n) is 1.72. The van der Waals surface area contributed by atoms with Crippen LogP contribution in [0.2, 0.25) is 0 Å². The van der Waals surface area contributed by atoms with Crippen LogP contribution in [-0.4, -0.2) is 21.0 Å². The van der Waals surface area contributed by atoms with Crippen molar-refractivity contribution in [3.8, 4) is 0 Å². The number of thiocarbonyl (C=S) groups is 1. The SMILES string of the molecule is CC(C)(C)CC(=O)NC(NC(=S)Nc1ccc(Br)cc1)C(Cl)(Cl)Cl. The molecule has 0 heterocycles. The lowest BCUT2D eigenvalue weighted by Crippen LogP contribution is -2.56. The number of hydrogen-bond acceptors (Lipinski definition) is 2. The Labute approximate surface area is 171 Å². The van der Waals surface area contributed by atoms with E-state index >= 15 is 0 Å². The van der Waals surface area contributed by atoms with E-state index in [0.29, 0.717) is 6.42 Å². The fraction of sp³-hybridized carbons (Fsp3) is 0.467. The third-order valence-electron chi connectivity index (χ3n) is 2.70. The van der Waals surface area contributed by atoms with Gasteiger partial charge in [-0.2, -0.15) is 0 Å². The number of carbonyl (C=O) groups excluding carboxylic acids is 1. The molecule has 9 heteroatoms. The lowest BCUT2D eigenvalue weighted by molar-refractivity contribution is -0.123. The molecule has 1 aromatic carbocycles. The van der Waals surface area contributed by atoms with E-state index in [0.717, 1.165) is 10.2 Å². The van der Waals surface area contributed by atoms with Gasteiger partial charge in [-0.1, -0.05) is 71.5 Å². The highest BCUT2D eigenvalue weighted by atomic mass is 79.9. The van der Waals surface area contributed by atoms with Gasteiger partial charge in [-0.15, -0.1) is 0 Å². The van der Waals surface area contributed by atoms with Gasteiger partial charge in [-0.3, -0.25) is 4.79 Å². The summed E-state index contributed by atoms with van der Waals surface area (Å²) in [7, 11) is 0. The summed E-state index contributed by atoms with van der Waals surface area (Å²) in [5.74, 6) is -0.238. The van der Waals surface area contributed by atoms with Crippen LogP contribution in [0.5, 0.6) is 0 Å². The molecule has 1 rings (SSSR count). The van der Waals surface area contributed by atoms with Gasteiger partial charge in [0.1, 0.15) is 6.17 Å². The monoisotopic (exact) mass is 473 g/mol. The van der Waals surface area contributed by atoms with Crippen LogP contribution in [0.4, 0.5) is 5.69 Å². The maximum absolute atomic E-state index is 12.1. The highest BCUT2D eigenvalue weighted by molar-refractivity contribution is 9.10. The molecule has 0 bridgehead atoms. The summed E-state index contributed by atoms with van der Waals surface area (Å²) >= 11 is 26.4. The van der Waals surface area contributed by atoms with Crippen molar-refractivity contribution < 1.29 is 4.79 Å². The molecule has 134 valence electrons. The molecule has 4 nitrogen and oxygen atoms in total. The molecule has 1 amide bonds. The zero-order chi connectivity index (χ0) is 18.5. The van der Waals surface area contributed by atoms with Crippen molar-refractivity contribution in [3.63, 3.8) is 0 Å². The van der Waals surface area contributed by atoms with Crippen molar-refractivity contribution in [1.82, 2.24) is 10.6 Å². The van der Waals surface area contributed by atoms with Crippen molar-refractivity contribution in [2.24, 2.45) is 5.41 Å². The highest BCUT2D eigenvalue weighted by Gasteiger charge is 2.35. The van der Waals surface area contributed by atoms with Crippen LogP contribution < -0.4 is 16.0 Å². The molecule has 0 spiro atoms. The van der Waals surface area contributed by atoms with Gasteiger partial charge in [0, 0.05) is 16.6 Å². The largest absolute Gasteiger partial charge is 0.339 e. The van der Waals surface area contributed by atoms with E-state index in [4.69, 9.17) is 47.0 Å². The van der Waals surface area contributed by atoms with E-state index in [-0.39, 0.29) is 16.4 Å². The minimum absolute atomic E-state index is 0.182. The van der Waals surface area contributed by atoms with Crippen LogP contribution in [0, 0.1) is 5.41 Å². The molecule has 3 N–H and O–H groups in total. The number of hydrogen-bond donors (Lipinski definition) is 3. The summed E-state index contributed by atoms with van der Waals surface area (Å²) < 4.78 is -0.820. The minimum atomic E-state index is -1.76. The summed E-state index contributed by atoms with van der Waals surface area (Å²) in [6.45, 7) is 5.85. The second-order valence-corrected chi connectivity index (χ2v) is 10.1. The number of amides is 1. The Morgan fingerprint density at radius 1 is 1.17 bits per heavy atom. The smallest absolute Gasteiger partial charge is 0.228 e. The zero-order valence-electron chi connectivity index (χ0n) is 13.4. The normalized spacial score (nSPS) is 13.1. The van der Waals surface area contributed by atoms with E-state index in [9.17, 15) is 4.79 Å². The van der Waals surface area contributed by atoms with Gasteiger partial charge < -0.3 is 16.0 Å². The summed E-state index contributed by atoms with van der Waals surface area (Å²) in [6.07, 6.45) is -0.674. The molecule has 0 aromatic heterocycles. The first-order chi connectivity index (χ1) is 10.9. The van der Waals surface area contributed by atoms with Crippen LogP contribution in [0.3, 0.4) is 0 Å². The number of halogens is 4. The molecule has 24 heavy (non-hydrogen) atoms. The Morgan fingerprint density at radius 3 is 2.17 bits per heavy atom. The van der Waals surface area contributed by atoms with E-state index < -0.39 is 9.96 Å². The first-order valence-electron chi connectivity index (χ1n) is 7.06. The third kappa shape index (κ3) is 8.72. The maximum Gasteiger partial charge on any atom is 0.228 e. The van der Waals surface area contributed by atoms with Gasteiger partial charge in [0.25, 0.3) is 0 Å². The van der Waals surface area contributed by atoms with Crippen molar-refractivity contribution >= 4 is 79.7 Å². The van der Waals surface area contributed by atoms with Crippen LogP contribution in [-0.2, 0) is 4.79 Å². The molecule has 1 unspecified atom stereocenters. The van der Waals surface area contributed by atoms with Gasteiger partial charge in [0.05, 0.1) is 0 Å². The lowest BCUT2D eigenvalue weighted by Gasteiger charge is -2.29. The minimum Gasteiger partial charge on any atom is -0.339 e. The standard InChI is InChI=1S/C15H19BrCl3N3OS/c1-14(2,3)8-11(23)21-12(15(17,18)19)22-13(24)20-10-6-4-9(16)5-7-10/h4-7,12H,8H2,1-3H3,(H,21,23)(H2,20,22,24). The average molecular weight is 476 g/mol. The van der Waals surface area contributed by atoms with E-state index in [1.165, 1.54) is 0 Å². The molecule has 0 aliphatic carbocycles. The summed E-state index contributed by atoms with van der Waals surface area (Å²) in [5, 5.41) is 8.67. The van der Waals surface area contributed by atoms with Gasteiger partial charge in [-0.05, 0) is 41.9 Å². The van der Waals surface area contributed by atoms with E-state index in [1.54, 1.807) is 0 Å². The van der Waals surface area contributed by atoms with E-state index in [2.05, 4.69) is 31.9 Å². The van der Waals surface area contributed by atoms with Crippen molar-refractivity contribution in [2.45, 2.75) is 37.2 Å². The molecule has 0 saturated heterocycles. The van der Waals surface area contributed by atoms with Gasteiger partial charge in [-0.25, -0.2) is 0 Å². The van der Waals surface area contributed by atoms with Gasteiger partial charge in [0.15, 0.2) is 5.11 Å². The molecule has 0 aliphatic rings. The molecule has 1 atom stereocenters. The Kier molecular flexibility index (Phi) is 8.07. The average Bonchev–Trinajstić information content (AvgIpc) is 2.37. The molecule has 1 aromatic rings. The Bertz CT molecular complexity index is 585. The molecule has 0 radical (unpaired) electrons. The molecular weight excluding hydrogens is 457 g/mol. The predicted octanol–water partition coefficient (Wildman–Crippen LogP) is 4.98. The highest BCUT2D eigenvalue weighted by Crippen LogP contribution is 2.29. The van der Waals surface area contributed by atoms with Crippen LogP contribution in [0.25, 0.3) is 0 Å². The topological polar surface area (TPSA) is 53.2 Å². The maximum atomic E-state index is 12.1. The Balaban J connectivity index is 2.70. The van der Waals surface area contributed by atoms with Crippen molar-refractivity contribution in [3.05, 3.63) is 28.7 Å². The van der Waals surface area contributed by atoms with Crippen LogP contribution in [0.1, 0.15) is 27.2 Å². The second kappa shape index (κ2) is 8.90. The second-order valence-electron chi connectivity index (χ2n) is 6.38. The molecule has 0 fully saturated rings. The summed E-state index contributed by atoms with van der Waals surface area (Å²) in [4.78, 5) is 12.1. The molecular formula is C15H19BrCl3N3OS. The van der Waals surface area contributed by atoms with Crippen LogP contribution in [0.15, 0.2) is 28.7 Å². The molecule has 0 aliphatic heterocycles. The quantitative estimate of drug-likeness (QED) is 0.326. The van der Waals surface area contributed by atoms with Gasteiger partial charge >= 0.3 is 0 Å². The van der Waals surface area contributed by atoms with Crippen molar-refractivity contribution in [1.29, 1.82) is 0 Å². The van der Waals surface area contributed by atoms with E-state index in [1.807, 2.05) is 45.0 Å². The fourth-order valence-corrected chi connectivity index (χ4v) is 2.55. The Morgan fingerprint density at radius 2 is 1.71 bits per heavy atom. The third-order valence-corrected chi connectivity index (χ3v) is 4.10. The number of nitrogens with one attached hydrogen (secondary N) is 3. The number of rotatable bonds is 4. The zero-order valence-corrected chi connectivity index (χ0v) is 18.1. The number of alkyl halides is 3. The van der Waals surface area contributed by atoms with Crippen LogP contribution >= 0.6 is 63.0 Å². The molecule has 0 saturated carbocycles. The summed E-state index contributed by atoms with van der Waals surface area (Å²) in [5.41, 5.74) is 0.582. The predicted molar refractivity (Wildman–Crippen MR) is 110 cm³/mol. The first-order valence-corrected chi connectivity index (χ1v) is 9.39. The van der Waals surface area contributed by atoms with Gasteiger partial charge in [0.2, 0.25) is 9.70 Å². The first kappa shape index (κ1) is 21.8. The number of carbonyl (C=O) groups is 1. The lowest BCUT2D eigenvalue weighted by atomic mass is 9.92. The number of benzene rings is 1. The Hall–Kier alpha value is -0.270. The van der Waals surface area contributed by atoms with Crippen molar-refractivity contribution in [2.75, 3.05) is 5.32 Å². The number of anilines is 1. The summed E-state index contributed by atoms with van der Waals surface area (Å²) in [6, 6.07) is 7.39.